The quantitative estimate of drug-likeness (QED) is 0.808. The van der Waals surface area contributed by atoms with E-state index in [1.165, 1.54) is 0 Å². The van der Waals surface area contributed by atoms with Crippen molar-refractivity contribution >= 4 is 15.9 Å². The van der Waals surface area contributed by atoms with Crippen molar-refractivity contribution in [1.29, 1.82) is 0 Å². The van der Waals surface area contributed by atoms with Gasteiger partial charge in [0.2, 0.25) is 15.9 Å². The summed E-state index contributed by atoms with van der Waals surface area (Å²) in [4.78, 5) is 13.9. The molecule has 1 saturated heterocycles. The van der Waals surface area contributed by atoms with Crippen LogP contribution < -0.4 is 4.72 Å². The number of amides is 1. The van der Waals surface area contributed by atoms with Crippen molar-refractivity contribution in [3.8, 4) is 0 Å². The predicted octanol–water partition coefficient (Wildman–Crippen LogP) is 0.820. The summed E-state index contributed by atoms with van der Waals surface area (Å²) in [5.41, 5.74) is 0. The number of piperidine rings is 1. The van der Waals surface area contributed by atoms with Gasteiger partial charge < -0.3 is 4.90 Å². The van der Waals surface area contributed by atoms with Gasteiger partial charge in [-0.15, -0.1) is 0 Å². The summed E-state index contributed by atoms with van der Waals surface area (Å²) in [6, 6.07) is 0. The van der Waals surface area contributed by atoms with E-state index in [4.69, 9.17) is 0 Å². The van der Waals surface area contributed by atoms with Crippen LogP contribution in [-0.2, 0) is 14.8 Å². The van der Waals surface area contributed by atoms with Crippen molar-refractivity contribution in [1.82, 2.24) is 9.62 Å². The lowest BCUT2D eigenvalue weighted by molar-refractivity contribution is -0.136. The second-order valence-corrected chi connectivity index (χ2v) is 7.06. The molecule has 0 aliphatic carbocycles. The molecule has 1 fully saturated rings. The van der Waals surface area contributed by atoms with Crippen molar-refractivity contribution in [2.24, 2.45) is 11.8 Å². The van der Waals surface area contributed by atoms with Crippen LogP contribution in [0.3, 0.4) is 0 Å². The minimum Gasteiger partial charge on any atom is -0.342 e. The molecular weight excluding hydrogens is 252 g/mol. The van der Waals surface area contributed by atoms with Gasteiger partial charge in [-0.2, -0.15) is 0 Å². The van der Waals surface area contributed by atoms with Crippen molar-refractivity contribution in [2.75, 3.05) is 25.9 Å². The Kier molecular flexibility index (Phi) is 5.59. The van der Waals surface area contributed by atoms with Crippen molar-refractivity contribution in [2.45, 2.75) is 33.1 Å². The van der Waals surface area contributed by atoms with Gasteiger partial charge in [0.1, 0.15) is 0 Å². The summed E-state index contributed by atoms with van der Waals surface area (Å²) < 4.78 is 24.6. The standard InChI is InChI=1S/C12H24N2O3S/c1-4-10(2)12(15)14-7-5-6-11(9-14)8-13-18(3,16)17/h10-11,13H,4-9H2,1-3H3/t10-,11-/m1/s1. The van der Waals surface area contributed by atoms with E-state index in [-0.39, 0.29) is 17.7 Å². The lowest BCUT2D eigenvalue weighted by Crippen LogP contribution is -2.45. The number of likely N-dealkylation sites (tertiary alicyclic amines) is 1. The zero-order valence-corrected chi connectivity index (χ0v) is 12.3. The van der Waals surface area contributed by atoms with Crippen LogP contribution in [0, 0.1) is 11.8 Å². The summed E-state index contributed by atoms with van der Waals surface area (Å²) in [6.45, 7) is 5.86. The monoisotopic (exact) mass is 276 g/mol. The fourth-order valence-electron chi connectivity index (χ4n) is 2.19. The topological polar surface area (TPSA) is 66.5 Å². The van der Waals surface area contributed by atoms with Gasteiger partial charge in [0.15, 0.2) is 0 Å². The summed E-state index contributed by atoms with van der Waals surface area (Å²) >= 11 is 0. The summed E-state index contributed by atoms with van der Waals surface area (Å²) in [7, 11) is -3.14. The molecule has 0 aromatic heterocycles. The smallest absolute Gasteiger partial charge is 0.225 e. The molecule has 2 atom stereocenters. The van der Waals surface area contributed by atoms with Crippen LogP contribution in [0.4, 0.5) is 0 Å². The van der Waals surface area contributed by atoms with E-state index in [2.05, 4.69) is 4.72 Å². The van der Waals surface area contributed by atoms with Crippen molar-refractivity contribution < 1.29 is 13.2 Å². The number of sulfonamides is 1. The lowest BCUT2D eigenvalue weighted by Gasteiger charge is -2.34. The first-order valence-electron chi connectivity index (χ1n) is 6.57. The number of carbonyl (C=O) groups excluding carboxylic acids is 1. The Hall–Kier alpha value is -0.620. The zero-order chi connectivity index (χ0) is 13.8. The lowest BCUT2D eigenvalue weighted by atomic mass is 9.96. The molecule has 1 aliphatic rings. The van der Waals surface area contributed by atoms with Gasteiger partial charge in [-0.05, 0) is 25.2 Å². The largest absolute Gasteiger partial charge is 0.342 e. The third-order valence-electron chi connectivity index (χ3n) is 3.50. The normalized spacial score (nSPS) is 22.8. The molecule has 0 aromatic carbocycles. The molecule has 18 heavy (non-hydrogen) atoms. The number of hydrogen-bond donors (Lipinski definition) is 1. The fraction of sp³-hybridized carbons (Fsp3) is 0.917. The van der Waals surface area contributed by atoms with Crippen LogP contribution in [0.2, 0.25) is 0 Å². The highest BCUT2D eigenvalue weighted by atomic mass is 32.2. The van der Waals surface area contributed by atoms with Gasteiger partial charge in [-0.3, -0.25) is 4.79 Å². The van der Waals surface area contributed by atoms with E-state index in [1.54, 1.807) is 0 Å². The Labute approximate surface area is 110 Å². The fourth-order valence-corrected chi connectivity index (χ4v) is 2.73. The third kappa shape index (κ3) is 4.94. The molecule has 1 N–H and O–H groups in total. The number of nitrogens with zero attached hydrogens (tertiary/aromatic N) is 1. The Morgan fingerprint density at radius 1 is 1.50 bits per heavy atom. The van der Waals surface area contributed by atoms with Gasteiger partial charge >= 0.3 is 0 Å². The Bertz CT molecular complexity index is 381. The van der Waals surface area contributed by atoms with E-state index in [0.717, 1.165) is 32.1 Å². The number of hydrogen-bond acceptors (Lipinski definition) is 3. The van der Waals surface area contributed by atoms with Crippen molar-refractivity contribution in [3.63, 3.8) is 0 Å². The molecule has 0 unspecified atom stereocenters. The van der Waals surface area contributed by atoms with Crippen LogP contribution in [0.5, 0.6) is 0 Å². The molecular formula is C12H24N2O3S. The Balaban J connectivity index is 2.48. The Morgan fingerprint density at radius 2 is 2.17 bits per heavy atom. The maximum absolute atomic E-state index is 12.1. The number of nitrogens with one attached hydrogen (secondary N) is 1. The average Bonchev–Trinajstić information content (AvgIpc) is 2.34. The zero-order valence-electron chi connectivity index (χ0n) is 11.5. The minimum absolute atomic E-state index is 0.0617. The Morgan fingerprint density at radius 3 is 2.72 bits per heavy atom. The van der Waals surface area contributed by atoms with E-state index >= 15 is 0 Å². The SMILES string of the molecule is CC[C@@H](C)C(=O)N1CCC[C@H](CNS(C)(=O)=O)C1. The van der Waals surface area contributed by atoms with Crippen LogP contribution in [0.1, 0.15) is 33.1 Å². The molecule has 1 rings (SSSR count). The van der Waals surface area contributed by atoms with Crippen LogP contribution in [-0.4, -0.2) is 45.1 Å². The predicted molar refractivity (Wildman–Crippen MR) is 71.6 cm³/mol. The first-order chi connectivity index (χ1) is 8.33. The molecule has 1 heterocycles. The molecule has 6 heteroatoms. The van der Waals surface area contributed by atoms with E-state index in [1.807, 2.05) is 18.7 Å². The highest BCUT2D eigenvalue weighted by molar-refractivity contribution is 7.88. The average molecular weight is 276 g/mol. The van der Waals surface area contributed by atoms with Crippen molar-refractivity contribution in [3.05, 3.63) is 0 Å². The van der Waals surface area contributed by atoms with Crippen LogP contribution in [0.15, 0.2) is 0 Å². The highest BCUT2D eigenvalue weighted by Gasteiger charge is 2.26. The molecule has 106 valence electrons. The summed E-state index contributed by atoms with van der Waals surface area (Å²) in [6.07, 6.45) is 3.95. The molecule has 1 aliphatic heterocycles. The molecule has 5 nitrogen and oxygen atoms in total. The highest BCUT2D eigenvalue weighted by Crippen LogP contribution is 2.18. The molecule has 0 bridgehead atoms. The molecule has 0 aromatic rings. The summed E-state index contributed by atoms with van der Waals surface area (Å²) in [5.74, 6) is 0.495. The van der Waals surface area contributed by atoms with E-state index in [0.29, 0.717) is 13.1 Å². The van der Waals surface area contributed by atoms with E-state index in [9.17, 15) is 13.2 Å². The van der Waals surface area contributed by atoms with Crippen LogP contribution in [0.25, 0.3) is 0 Å². The van der Waals surface area contributed by atoms with Crippen LogP contribution >= 0.6 is 0 Å². The number of rotatable bonds is 5. The molecule has 1 amide bonds. The van der Waals surface area contributed by atoms with Gasteiger partial charge in [0.05, 0.1) is 6.26 Å². The second kappa shape index (κ2) is 6.52. The maximum atomic E-state index is 12.1. The first kappa shape index (κ1) is 15.4. The summed E-state index contributed by atoms with van der Waals surface area (Å²) in [5, 5.41) is 0. The second-order valence-electron chi connectivity index (χ2n) is 5.22. The minimum atomic E-state index is -3.14. The molecule has 0 spiro atoms. The van der Waals surface area contributed by atoms with E-state index < -0.39 is 10.0 Å². The van der Waals surface area contributed by atoms with Gasteiger partial charge in [-0.1, -0.05) is 13.8 Å². The van der Waals surface area contributed by atoms with Gasteiger partial charge in [-0.25, -0.2) is 13.1 Å². The first-order valence-corrected chi connectivity index (χ1v) is 8.46. The van der Waals surface area contributed by atoms with Gasteiger partial charge in [0, 0.05) is 25.6 Å². The molecule has 0 saturated carbocycles. The number of carbonyl (C=O) groups is 1. The third-order valence-corrected chi connectivity index (χ3v) is 4.19. The van der Waals surface area contributed by atoms with Gasteiger partial charge in [0.25, 0.3) is 0 Å². The molecule has 0 radical (unpaired) electrons. The maximum Gasteiger partial charge on any atom is 0.225 e.